The van der Waals surface area contributed by atoms with Crippen LogP contribution in [0.5, 0.6) is 5.75 Å². The maximum Gasteiger partial charge on any atom is 0.274 e. The van der Waals surface area contributed by atoms with Crippen molar-refractivity contribution in [2.24, 2.45) is 0 Å². The molecule has 0 spiro atoms. The Kier molecular flexibility index (Phi) is 5.12. The zero-order valence-electron chi connectivity index (χ0n) is 14.9. The Morgan fingerprint density at radius 1 is 1.00 bits per heavy atom. The first kappa shape index (κ1) is 17.4. The highest BCUT2D eigenvalue weighted by molar-refractivity contribution is 6.03. The molecule has 26 heavy (non-hydrogen) atoms. The first-order chi connectivity index (χ1) is 12.5. The van der Waals surface area contributed by atoms with Crippen LogP contribution in [0.4, 0.5) is 17.3 Å². The van der Waals surface area contributed by atoms with Gasteiger partial charge in [0.2, 0.25) is 5.95 Å². The van der Waals surface area contributed by atoms with E-state index in [0.717, 1.165) is 11.3 Å². The van der Waals surface area contributed by atoms with Gasteiger partial charge in [-0.3, -0.25) is 4.79 Å². The molecule has 0 aliphatic carbocycles. The number of aromatic nitrogens is 2. The van der Waals surface area contributed by atoms with Gasteiger partial charge in [0.25, 0.3) is 5.91 Å². The molecule has 3 aromatic rings. The summed E-state index contributed by atoms with van der Waals surface area (Å²) in [6.45, 7) is 3.83. The van der Waals surface area contributed by atoms with Crippen LogP contribution in [0, 0.1) is 13.8 Å². The number of benzene rings is 2. The number of nitrogens with one attached hydrogen (secondary N) is 2. The average Bonchev–Trinajstić information content (AvgIpc) is 2.61. The summed E-state index contributed by atoms with van der Waals surface area (Å²) in [4.78, 5) is 21.3. The van der Waals surface area contributed by atoms with Crippen molar-refractivity contribution in [3.05, 3.63) is 71.5 Å². The topological polar surface area (TPSA) is 76.1 Å². The van der Waals surface area contributed by atoms with Crippen LogP contribution in [0.25, 0.3) is 0 Å². The Bertz CT molecular complexity index is 941. The third-order valence-electron chi connectivity index (χ3n) is 3.72. The number of rotatable bonds is 5. The van der Waals surface area contributed by atoms with Crippen LogP contribution in [-0.2, 0) is 0 Å². The highest BCUT2D eigenvalue weighted by Crippen LogP contribution is 2.24. The van der Waals surface area contributed by atoms with Crippen molar-refractivity contribution in [3.63, 3.8) is 0 Å². The summed E-state index contributed by atoms with van der Waals surface area (Å²) >= 11 is 0. The van der Waals surface area contributed by atoms with Crippen molar-refractivity contribution < 1.29 is 9.53 Å². The lowest BCUT2D eigenvalue weighted by molar-refractivity contribution is 0.102. The number of nitrogens with zero attached hydrogens (tertiary/aromatic N) is 2. The van der Waals surface area contributed by atoms with Gasteiger partial charge in [0.15, 0.2) is 0 Å². The van der Waals surface area contributed by atoms with Gasteiger partial charge < -0.3 is 15.4 Å². The number of hydrogen-bond acceptors (Lipinski definition) is 5. The molecule has 0 atom stereocenters. The minimum Gasteiger partial charge on any atom is -0.495 e. The molecule has 0 aliphatic heterocycles. The fraction of sp³-hybridized carbons (Fsp3) is 0.150. The van der Waals surface area contributed by atoms with Gasteiger partial charge in [0.05, 0.1) is 12.8 Å². The van der Waals surface area contributed by atoms with Gasteiger partial charge in [0.1, 0.15) is 11.4 Å². The van der Waals surface area contributed by atoms with Crippen LogP contribution in [0.2, 0.25) is 0 Å². The first-order valence-electron chi connectivity index (χ1n) is 8.19. The van der Waals surface area contributed by atoms with Gasteiger partial charge in [-0.15, -0.1) is 0 Å². The van der Waals surface area contributed by atoms with Gasteiger partial charge >= 0.3 is 0 Å². The Morgan fingerprint density at radius 2 is 1.81 bits per heavy atom. The molecule has 1 heterocycles. The van der Waals surface area contributed by atoms with E-state index in [0.29, 0.717) is 23.1 Å². The van der Waals surface area contributed by atoms with E-state index in [1.54, 1.807) is 25.3 Å². The fourth-order valence-electron chi connectivity index (χ4n) is 2.53. The lowest BCUT2D eigenvalue weighted by Gasteiger charge is -2.11. The lowest BCUT2D eigenvalue weighted by atomic mass is 10.2. The highest BCUT2D eigenvalue weighted by atomic mass is 16.5. The third kappa shape index (κ3) is 4.16. The van der Waals surface area contributed by atoms with Crippen LogP contribution in [0.15, 0.2) is 54.6 Å². The monoisotopic (exact) mass is 348 g/mol. The summed E-state index contributed by atoms with van der Waals surface area (Å²) in [6.07, 6.45) is 0. The highest BCUT2D eigenvalue weighted by Gasteiger charge is 2.13. The number of methoxy groups -OCH3 is 1. The predicted molar refractivity (Wildman–Crippen MR) is 102 cm³/mol. The van der Waals surface area contributed by atoms with Crippen LogP contribution in [-0.4, -0.2) is 23.0 Å². The molecular weight excluding hydrogens is 328 g/mol. The molecule has 0 saturated heterocycles. The van der Waals surface area contributed by atoms with E-state index in [9.17, 15) is 4.79 Å². The molecule has 0 radical (unpaired) electrons. The summed E-state index contributed by atoms with van der Waals surface area (Å²) in [7, 11) is 1.56. The molecule has 132 valence electrons. The molecule has 0 aliphatic rings. The van der Waals surface area contributed by atoms with E-state index < -0.39 is 0 Å². The third-order valence-corrected chi connectivity index (χ3v) is 3.72. The number of anilines is 3. The fourth-order valence-corrected chi connectivity index (χ4v) is 2.53. The maximum atomic E-state index is 12.6. The molecule has 3 rings (SSSR count). The SMILES string of the molecule is COc1ccccc1NC(=O)c1cc(C)nc(Nc2cccc(C)c2)n1. The second-order valence-corrected chi connectivity index (χ2v) is 5.87. The molecule has 0 bridgehead atoms. The maximum absolute atomic E-state index is 12.6. The Labute approximate surface area is 152 Å². The van der Waals surface area contributed by atoms with Crippen LogP contribution in [0.3, 0.4) is 0 Å². The quantitative estimate of drug-likeness (QED) is 0.726. The predicted octanol–water partition coefficient (Wildman–Crippen LogP) is 4.10. The average molecular weight is 348 g/mol. The van der Waals surface area contributed by atoms with Crippen molar-refractivity contribution in [1.82, 2.24) is 9.97 Å². The van der Waals surface area contributed by atoms with Crippen molar-refractivity contribution in [2.45, 2.75) is 13.8 Å². The van der Waals surface area contributed by atoms with Gasteiger partial charge in [-0.2, -0.15) is 0 Å². The normalized spacial score (nSPS) is 10.3. The Hall–Kier alpha value is -3.41. The van der Waals surface area contributed by atoms with E-state index >= 15 is 0 Å². The summed E-state index contributed by atoms with van der Waals surface area (Å²) in [5.74, 6) is 0.637. The number of ether oxygens (including phenoxy) is 1. The molecule has 0 fully saturated rings. The van der Waals surface area contributed by atoms with E-state index in [4.69, 9.17) is 4.74 Å². The molecule has 0 unspecified atom stereocenters. The van der Waals surface area contributed by atoms with E-state index in [2.05, 4.69) is 20.6 Å². The standard InChI is InChI=1S/C20H20N4O2/c1-13-7-6-8-15(11-13)22-20-21-14(2)12-17(24-20)19(25)23-16-9-4-5-10-18(16)26-3/h4-12H,1-3H3,(H,23,25)(H,21,22,24). The van der Waals surface area contributed by atoms with Gasteiger partial charge in [0, 0.05) is 11.4 Å². The number of carbonyl (C=O) groups is 1. The largest absolute Gasteiger partial charge is 0.495 e. The van der Waals surface area contributed by atoms with E-state index in [-0.39, 0.29) is 11.6 Å². The first-order valence-corrected chi connectivity index (χ1v) is 8.19. The van der Waals surface area contributed by atoms with Gasteiger partial charge in [-0.05, 0) is 49.7 Å². The van der Waals surface area contributed by atoms with E-state index in [1.807, 2.05) is 50.2 Å². The second kappa shape index (κ2) is 7.65. The zero-order chi connectivity index (χ0) is 18.5. The molecule has 6 heteroatoms. The number of amides is 1. The van der Waals surface area contributed by atoms with E-state index in [1.165, 1.54) is 0 Å². The van der Waals surface area contributed by atoms with Crippen molar-refractivity contribution in [2.75, 3.05) is 17.7 Å². The summed E-state index contributed by atoms with van der Waals surface area (Å²) in [5, 5.41) is 5.96. The summed E-state index contributed by atoms with van der Waals surface area (Å²) in [5.41, 5.74) is 3.55. The van der Waals surface area contributed by atoms with Gasteiger partial charge in [-0.1, -0.05) is 24.3 Å². The van der Waals surface area contributed by atoms with Gasteiger partial charge in [-0.25, -0.2) is 9.97 Å². The van der Waals surface area contributed by atoms with Crippen LogP contribution < -0.4 is 15.4 Å². The minimum atomic E-state index is -0.327. The Balaban J connectivity index is 1.83. The zero-order valence-corrected chi connectivity index (χ0v) is 14.9. The smallest absolute Gasteiger partial charge is 0.274 e. The minimum absolute atomic E-state index is 0.276. The molecule has 2 N–H and O–H groups in total. The van der Waals surface area contributed by atoms with Crippen LogP contribution in [0.1, 0.15) is 21.7 Å². The molecule has 1 aromatic heterocycles. The molecule has 6 nitrogen and oxygen atoms in total. The molecule has 1 amide bonds. The number of carbonyl (C=O) groups excluding carboxylic acids is 1. The molecular formula is C20H20N4O2. The van der Waals surface area contributed by atoms with Crippen molar-refractivity contribution in [1.29, 1.82) is 0 Å². The second-order valence-electron chi connectivity index (χ2n) is 5.87. The lowest BCUT2D eigenvalue weighted by Crippen LogP contribution is -2.16. The summed E-state index contributed by atoms with van der Waals surface area (Å²) < 4.78 is 5.26. The number of hydrogen-bond donors (Lipinski definition) is 2. The molecule has 2 aromatic carbocycles. The number of aryl methyl sites for hydroxylation is 2. The summed E-state index contributed by atoms with van der Waals surface area (Å²) in [6, 6.07) is 16.7. The van der Waals surface area contributed by atoms with Crippen molar-refractivity contribution >= 4 is 23.2 Å². The van der Waals surface area contributed by atoms with Crippen LogP contribution >= 0.6 is 0 Å². The molecule has 0 saturated carbocycles. The number of para-hydroxylation sites is 2. The Morgan fingerprint density at radius 3 is 2.58 bits per heavy atom. The van der Waals surface area contributed by atoms with Crippen molar-refractivity contribution in [3.8, 4) is 5.75 Å².